The van der Waals surface area contributed by atoms with Gasteiger partial charge >= 0.3 is 0 Å². The topological polar surface area (TPSA) is 70.0 Å². The standard InChI is InChI=1S/C16H13N5OS/c1-23-16-19-15(22)13-11-6-2-3-7-12(11)18-14(21(13)20-16)10-5-4-8-17-9-10/h2-9,14H,1H3,(H,19,20,22). The number of benzene rings is 1. The van der Waals surface area contributed by atoms with Gasteiger partial charge in [-0.3, -0.25) is 20.1 Å². The lowest BCUT2D eigenvalue weighted by atomic mass is 10.1. The van der Waals surface area contributed by atoms with Gasteiger partial charge in [0, 0.05) is 23.2 Å². The molecular weight excluding hydrogens is 310 g/mol. The molecule has 23 heavy (non-hydrogen) atoms. The number of fused-ring (bicyclic) bond motifs is 2. The second-order valence-corrected chi connectivity index (χ2v) is 5.86. The van der Waals surface area contributed by atoms with Crippen LogP contribution in [-0.2, 0) is 4.79 Å². The third-order valence-corrected chi connectivity index (χ3v) is 4.26. The molecule has 1 amide bonds. The van der Waals surface area contributed by atoms with Crippen LogP contribution >= 0.6 is 11.8 Å². The summed E-state index contributed by atoms with van der Waals surface area (Å²) in [5.74, 6) is -0.166. The van der Waals surface area contributed by atoms with E-state index in [0.29, 0.717) is 10.9 Å². The Morgan fingerprint density at radius 1 is 1.22 bits per heavy atom. The number of aromatic nitrogens is 1. The normalized spacial score (nSPS) is 19.3. The molecular formula is C16H13N5OS. The number of hydrogen-bond acceptors (Lipinski definition) is 6. The number of nitrogens with one attached hydrogen (secondary N) is 1. The van der Waals surface area contributed by atoms with E-state index in [9.17, 15) is 4.79 Å². The minimum absolute atomic E-state index is 0.166. The van der Waals surface area contributed by atoms with Crippen molar-refractivity contribution in [3.8, 4) is 0 Å². The lowest BCUT2D eigenvalue weighted by Crippen LogP contribution is -2.50. The highest BCUT2D eigenvalue weighted by molar-refractivity contribution is 8.13. The van der Waals surface area contributed by atoms with E-state index in [1.807, 2.05) is 42.7 Å². The number of carbonyl (C=O) groups excluding carboxylic acids is 1. The van der Waals surface area contributed by atoms with E-state index in [1.54, 1.807) is 17.4 Å². The van der Waals surface area contributed by atoms with E-state index >= 15 is 0 Å². The molecule has 114 valence electrons. The van der Waals surface area contributed by atoms with E-state index in [2.05, 4.69) is 15.4 Å². The fourth-order valence-corrected chi connectivity index (χ4v) is 3.03. The number of amidine groups is 1. The number of para-hydroxylation sites is 1. The van der Waals surface area contributed by atoms with E-state index in [4.69, 9.17) is 4.99 Å². The van der Waals surface area contributed by atoms with Gasteiger partial charge in [-0.1, -0.05) is 36.0 Å². The van der Waals surface area contributed by atoms with Crippen molar-refractivity contribution in [3.63, 3.8) is 0 Å². The van der Waals surface area contributed by atoms with Crippen molar-refractivity contribution in [1.29, 1.82) is 0 Å². The van der Waals surface area contributed by atoms with Gasteiger partial charge < -0.3 is 0 Å². The first-order valence-corrected chi connectivity index (χ1v) is 8.30. The average molecular weight is 323 g/mol. The van der Waals surface area contributed by atoms with Crippen LogP contribution < -0.4 is 15.9 Å². The molecule has 2 aliphatic heterocycles. The lowest BCUT2D eigenvalue weighted by Gasteiger charge is -2.33. The highest BCUT2D eigenvalue weighted by atomic mass is 32.2. The predicted octanol–water partition coefficient (Wildman–Crippen LogP) is 0.588. The Labute approximate surface area is 136 Å². The predicted molar refractivity (Wildman–Crippen MR) is 88.5 cm³/mol. The minimum Gasteiger partial charge on any atom is -0.298 e. The van der Waals surface area contributed by atoms with Crippen LogP contribution in [0.5, 0.6) is 0 Å². The zero-order valence-electron chi connectivity index (χ0n) is 12.3. The molecule has 0 spiro atoms. The van der Waals surface area contributed by atoms with Gasteiger partial charge in [-0.25, -0.2) is 5.01 Å². The van der Waals surface area contributed by atoms with Crippen LogP contribution in [0.25, 0.3) is 5.70 Å². The molecule has 3 heterocycles. The van der Waals surface area contributed by atoms with Gasteiger partial charge in [0.1, 0.15) is 5.70 Å². The second kappa shape index (κ2) is 5.51. The summed E-state index contributed by atoms with van der Waals surface area (Å²) >= 11 is 1.39. The first kappa shape index (κ1) is 14.0. The van der Waals surface area contributed by atoms with Gasteiger partial charge in [0.15, 0.2) is 11.3 Å². The SMILES string of the molecule is CSC1=NN2C(=c3ccccc3=NC2c2cccnc2)C(=O)N1. The number of amides is 1. The number of carbonyl (C=O) groups is 1. The van der Waals surface area contributed by atoms with E-state index in [1.165, 1.54) is 11.8 Å². The van der Waals surface area contributed by atoms with E-state index in [0.717, 1.165) is 16.1 Å². The number of rotatable bonds is 1. The van der Waals surface area contributed by atoms with Gasteiger partial charge in [0.25, 0.3) is 5.91 Å². The molecule has 0 aliphatic carbocycles. The molecule has 0 fully saturated rings. The molecule has 2 aromatic rings. The third kappa shape index (κ3) is 2.29. The van der Waals surface area contributed by atoms with Crippen LogP contribution in [0.2, 0.25) is 0 Å². The Morgan fingerprint density at radius 3 is 2.87 bits per heavy atom. The van der Waals surface area contributed by atoms with Gasteiger partial charge in [-0.15, -0.1) is 5.10 Å². The fourth-order valence-electron chi connectivity index (χ4n) is 2.67. The second-order valence-electron chi connectivity index (χ2n) is 5.06. The molecule has 1 atom stereocenters. The van der Waals surface area contributed by atoms with Crippen molar-refractivity contribution in [2.45, 2.75) is 6.17 Å². The molecule has 0 saturated heterocycles. The number of thioether (sulfide) groups is 1. The summed E-state index contributed by atoms with van der Waals surface area (Å²) in [7, 11) is 0. The Kier molecular flexibility index (Phi) is 3.34. The first-order valence-electron chi connectivity index (χ1n) is 7.08. The molecule has 0 radical (unpaired) electrons. The van der Waals surface area contributed by atoms with Crippen molar-refractivity contribution < 1.29 is 4.79 Å². The maximum atomic E-state index is 12.6. The molecule has 1 aromatic carbocycles. The minimum atomic E-state index is -0.401. The lowest BCUT2D eigenvalue weighted by molar-refractivity contribution is -0.116. The fraction of sp³-hybridized carbons (Fsp3) is 0.125. The van der Waals surface area contributed by atoms with Gasteiger partial charge in [-0.05, 0) is 18.4 Å². The number of hydrazone groups is 1. The number of hydrogen-bond donors (Lipinski definition) is 1. The molecule has 6 nitrogen and oxygen atoms in total. The molecule has 0 bridgehead atoms. The van der Waals surface area contributed by atoms with Crippen molar-refractivity contribution in [2.75, 3.05) is 6.26 Å². The quantitative estimate of drug-likeness (QED) is 0.834. The molecule has 0 saturated carbocycles. The van der Waals surface area contributed by atoms with Crippen molar-refractivity contribution >= 4 is 28.5 Å². The Bertz CT molecular complexity index is 925. The largest absolute Gasteiger partial charge is 0.298 e. The molecule has 1 unspecified atom stereocenters. The zero-order chi connectivity index (χ0) is 15.8. The zero-order valence-corrected chi connectivity index (χ0v) is 13.1. The molecule has 4 rings (SSSR count). The third-order valence-electron chi connectivity index (χ3n) is 3.69. The van der Waals surface area contributed by atoms with E-state index < -0.39 is 6.17 Å². The van der Waals surface area contributed by atoms with Gasteiger partial charge in [-0.2, -0.15) is 0 Å². The van der Waals surface area contributed by atoms with Crippen LogP contribution in [0, 0.1) is 0 Å². The highest BCUT2D eigenvalue weighted by Crippen LogP contribution is 2.29. The Balaban J connectivity index is 2.00. The molecule has 1 N–H and O–H groups in total. The first-order chi connectivity index (χ1) is 11.3. The summed E-state index contributed by atoms with van der Waals surface area (Å²) in [6, 6.07) is 11.4. The van der Waals surface area contributed by atoms with Crippen molar-refractivity contribution in [3.05, 3.63) is 64.9 Å². The van der Waals surface area contributed by atoms with Crippen molar-refractivity contribution in [2.24, 2.45) is 10.1 Å². The number of pyridine rings is 1. The smallest absolute Gasteiger partial charge is 0.276 e. The van der Waals surface area contributed by atoms with Crippen LogP contribution in [0.1, 0.15) is 11.7 Å². The van der Waals surface area contributed by atoms with Gasteiger partial charge in [0.05, 0.1) is 5.36 Å². The number of nitrogens with zero attached hydrogens (tertiary/aromatic N) is 4. The summed E-state index contributed by atoms with van der Waals surface area (Å²) in [6.07, 6.45) is 4.94. The van der Waals surface area contributed by atoms with Crippen LogP contribution in [0.4, 0.5) is 0 Å². The summed E-state index contributed by atoms with van der Waals surface area (Å²) in [5, 5.41) is 11.2. The maximum Gasteiger partial charge on any atom is 0.276 e. The van der Waals surface area contributed by atoms with E-state index in [-0.39, 0.29) is 5.91 Å². The van der Waals surface area contributed by atoms with Crippen LogP contribution in [0.3, 0.4) is 0 Å². The van der Waals surface area contributed by atoms with Crippen LogP contribution in [-0.4, -0.2) is 27.3 Å². The molecule has 1 aromatic heterocycles. The summed E-state index contributed by atoms with van der Waals surface area (Å²) in [4.78, 5) is 21.5. The Hall–Kier alpha value is -2.67. The summed E-state index contributed by atoms with van der Waals surface area (Å²) < 4.78 is 0. The summed E-state index contributed by atoms with van der Waals surface area (Å²) in [5.41, 5.74) is 1.40. The molecule has 7 heteroatoms. The average Bonchev–Trinajstić information content (AvgIpc) is 2.61. The monoisotopic (exact) mass is 323 g/mol. The molecule has 2 aliphatic rings. The van der Waals surface area contributed by atoms with Crippen LogP contribution in [0.15, 0.2) is 58.9 Å². The maximum absolute atomic E-state index is 12.6. The highest BCUT2D eigenvalue weighted by Gasteiger charge is 2.34. The van der Waals surface area contributed by atoms with Gasteiger partial charge in [0.2, 0.25) is 0 Å². The summed E-state index contributed by atoms with van der Waals surface area (Å²) in [6.45, 7) is 0. The van der Waals surface area contributed by atoms with Crippen molar-refractivity contribution in [1.82, 2.24) is 15.3 Å². The Morgan fingerprint density at radius 2 is 2.09 bits per heavy atom.